The third kappa shape index (κ3) is 4.19. The lowest BCUT2D eigenvalue weighted by Gasteiger charge is -2.24. The first-order chi connectivity index (χ1) is 9.36. The number of carboxylic acid groups (broad SMARTS) is 1. The molecule has 0 aromatic carbocycles. The van der Waals surface area contributed by atoms with Gasteiger partial charge in [-0.1, -0.05) is 0 Å². The van der Waals surface area contributed by atoms with Gasteiger partial charge in [-0.15, -0.1) is 0 Å². The first-order valence-corrected chi connectivity index (χ1v) is 7.58. The van der Waals surface area contributed by atoms with Gasteiger partial charge in [-0.3, -0.25) is 0 Å². The van der Waals surface area contributed by atoms with Crippen LogP contribution in [0.2, 0.25) is 0 Å². The first-order valence-electron chi connectivity index (χ1n) is 6.19. The summed E-state index contributed by atoms with van der Waals surface area (Å²) in [5.74, 6) is 0.590. The van der Waals surface area contributed by atoms with E-state index in [1.54, 1.807) is 30.6 Å². The zero-order valence-corrected chi connectivity index (χ0v) is 12.9. The number of aromatic carboxylic acids is 1. The minimum atomic E-state index is -1.03. The summed E-state index contributed by atoms with van der Waals surface area (Å²) in [4.78, 5) is 24.4. The van der Waals surface area contributed by atoms with Crippen LogP contribution in [0, 0.1) is 6.92 Å². The van der Waals surface area contributed by atoms with E-state index in [9.17, 15) is 9.59 Å². The van der Waals surface area contributed by atoms with Crippen molar-refractivity contribution in [3.05, 3.63) is 23.2 Å². The molecule has 0 saturated carbocycles. The van der Waals surface area contributed by atoms with Gasteiger partial charge in [0.1, 0.15) is 17.1 Å². The van der Waals surface area contributed by atoms with E-state index in [0.717, 1.165) is 5.75 Å². The molecular formula is C13H20N2O4S. The van der Waals surface area contributed by atoms with Crippen molar-refractivity contribution in [2.75, 3.05) is 19.1 Å². The molecule has 2 N–H and O–H groups in total. The molecule has 112 valence electrons. The van der Waals surface area contributed by atoms with Gasteiger partial charge in [-0.05, 0) is 26.2 Å². The normalized spacial score (nSPS) is 12.0. The highest BCUT2D eigenvalue weighted by Gasteiger charge is 2.17. The zero-order valence-electron chi connectivity index (χ0n) is 12.1. The number of nitrogens with one attached hydrogen (secondary N) is 1. The Labute approximate surface area is 122 Å². The number of thioether (sulfide) groups is 1. The van der Waals surface area contributed by atoms with Crippen molar-refractivity contribution in [2.45, 2.75) is 26.4 Å². The van der Waals surface area contributed by atoms with Crippen molar-refractivity contribution in [2.24, 2.45) is 0 Å². The Bertz CT molecular complexity index is 487. The van der Waals surface area contributed by atoms with Gasteiger partial charge in [0, 0.05) is 18.8 Å². The Morgan fingerprint density at radius 1 is 1.55 bits per heavy atom. The lowest BCUT2D eigenvalue weighted by atomic mass is 10.2. The van der Waals surface area contributed by atoms with Gasteiger partial charge < -0.3 is 19.7 Å². The number of hydrogen-bond acceptors (Lipinski definition) is 4. The number of hydrogen-bond donors (Lipinski definition) is 2. The number of carbonyl (C=O) groups excluding carboxylic acids is 1. The third-order valence-electron chi connectivity index (χ3n) is 3.00. The Hall–Kier alpha value is -1.63. The van der Waals surface area contributed by atoms with Gasteiger partial charge in [-0.2, -0.15) is 11.8 Å². The van der Waals surface area contributed by atoms with Crippen LogP contribution in [0.1, 0.15) is 28.8 Å². The molecular weight excluding hydrogens is 280 g/mol. The molecule has 6 nitrogen and oxygen atoms in total. The molecule has 1 aromatic heterocycles. The van der Waals surface area contributed by atoms with Crippen molar-refractivity contribution in [1.29, 1.82) is 0 Å². The van der Waals surface area contributed by atoms with Gasteiger partial charge in [0.15, 0.2) is 0 Å². The quantitative estimate of drug-likeness (QED) is 0.841. The minimum absolute atomic E-state index is 0.123. The molecule has 0 aliphatic rings. The molecule has 20 heavy (non-hydrogen) atoms. The molecule has 1 rings (SSSR count). The van der Waals surface area contributed by atoms with Crippen LogP contribution in [0.3, 0.4) is 0 Å². The monoisotopic (exact) mass is 300 g/mol. The molecule has 0 aliphatic carbocycles. The maximum Gasteiger partial charge on any atom is 0.339 e. The van der Waals surface area contributed by atoms with Crippen LogP contribution < -0.4 is 5.32 Å². The van der Waals surface area contributed by atoms with E-state index in [2.05, 4.69) is 5.32 Å². The minimum Gasteiger partial charge on any atom is -0.478 e. The van der Waals surface area contributed by atoms with Crippen molar-refractivity contribution in [3.8, 4) is 0 Å². The predicted molar refractivity (Wildman–Crippen MR) is 78.2 cm³/mol. The number of urea groups is 1. The summed E-state index contributed by atoms with van der Waals surface area (Å²) in [6, 6.07) is 1.35. The van der Waals surface area contributed by atoms with Crippen LogP contribution in [0.4, 0.5) is 4.79 Å². The van der Waals surface area contributed by atoms with E-state index >= 15 is 0 Å². The van der Waals surface area contributed by atoms with Gasteiger partial charge >= 0.3 is 12.0 Å². The number of carbonyl (C=O) groups is 2. The fourth-order valence-electron chi connectivity index (χ4n) is 1.68. The van der Waals surface area contributed by atoms with E-state index in [-0.39, 0.29) is 24.2 Å². The largest absolute Gasteiger partial charge is 0.478 e. The standard InChI is InChI=1S/C13H20N2O4S/c1-8(7-20-4)15(3)13(18)14-6-10-5-11(12(16)17)9(2)19-10/h5,8H,6-7H2,1-4H3,(H,14,18)(H,16,17). The Balaban J connectivity index is 2.56. The highest BCUT2D eigenvalue weighted by atomic mass is 32.2. The average Bonchev–Trinajstić information content (AvgIpc) is 2.76. The van der Waals surface area contributed by atoms with E-state index in [0.29, 0.717) is 11.5 Å². The van der Waals surface area contributed by atoms with Crippen molar-refractivity contribution >= 4 is 23.8 Å². The van der Waals surface area contributed by atoms with Crippen LogP contribution in [0.25, 0.3) is 0 Å². The number of nitrogens with zero attached hydrogens (tertiary/aromatic N) is 1. The molecule has 0 bridgehead atoms. The molecule has 1 unspecified atom stereocenters. The highest BCUT2D eigenvalue weighted by molar-refractivity contribution is 7.98. The summed E-state index contributed by atoms with van der Waals surface area (Å²) in [7, 11) is 1.73. The summed E-state index contributed by atoms with van der Waals surface area (Å²) in [5.41, 5.74) is 0.123. The first kappa shape index (κ1) is 16.4. The molecule has 7 heteroatoms. The fourth-order valence-corrected chi connectivity index (χ4v) is 2.39. The van der Waals surface area contributed by atoms with Crippen LogP contribution in [-0.2, 0) is 6.54 Å². The van der Waals surface area contributed by atoms with Gasteiger partial charge in [0.2, 0.25) is 0 Å². The summed E-state index contributed by atoms with van der Waals surface area (Å²) in [6.45, 7) is 3.72. The van der Waals surface area contributed by atoms with Gasteiger partial charge in [-0.25, -0.2) is 9.59 Å². The second kappa shape index (κ2) is 7.23. The number of furan rings is 1. The van der Waals surface area contributed by atoms with Gasteiger partial charge in [0.25, 0.3) is 0 Å². The fraction of sp³-hybridized carbons (Fsp3) is 0.538. The maximum absolute atomic E-state index is 11.9. The van der Waals surface area contributed by atoms with Crippen LogP contribution in [0.15, 0.2) is 10.5 Å². The van der Waals surface area contributed by atoms with E-state index in [1.807, 2.05) is 13.2 Å². The summed E-state index contributed by atoms with van der Waals surface area (Å²) in [5, 5.41) is 11.6. The summed E-state index contributed by atoms with van der Waals surface area (Å²) >= 11 is 1.67. The molecule has 2 amide bonds. The number of carboxylic acids is 1. The number of aryl methyl sites for hydroxylation is 1. The maximum atomic E-state index is 11.9. The number of amides is 2. The topological polar surface area (TPSA) is 82.8 Å². The predicted octanol–water partition coefficient (Wildman–Crippen LogP) is 2.18. The Kier molecular flexibility index (Phi) is 5.94. The molecule has 0 aliphatic heterocycles. The summed E-state index contributed by atoms with van der Waals surface area (Å²) < 4.78 is 5.30. The van der Waals surface area contributed by atoms with Crippen molar-refractivity contribution in [3.63, 3.8) is 0 Å². The molecule has 0 saturated heterocycles. The average molecular weight is 300 g/mol. The van der Waals surface area contributed by atoms with Crippen LogP contribution in [0.5, 0.6) is 0 Å². The lowest BCUT2D eigenvalue weighted by Crippen LogP contribution is -2.43. The second-order valence-corrected chi connectivity index (χ2v) is 5.47. The van der Waals surface area contributed by atoms with Crippen molar-refractivity contribution < 1.29 is 19.1 Å². The SMILES string of the molecule is CSCC(C)N(C)C(=O)NCc1cc(C(=O)O)c(C)o1. The van der Waals surface area contributed by atoms with E-state index in [4.69, 9.17) is 9.52 Å². The third-order valence-corrected chi connectivity index (χ3v) is 3.82. The van der Waals surface area contributed by atoms with E-state index in [1.165, 1.54) is 6.07 Å². The molecule has 0 radical (unpaired) electrons. The smallest absolute Gasteiger partial charge is 0.339 e. The highest BCUT2D eigenvalue weighted by Crippen LogP contribution is 2.14. The molecule has 1 heterocycles. The molecule has 0 fully saturated rings. The molecule has 1 atom stereocenters. The Morgan fingerprint density at radius 2 is 2.20 bits per heavy atom. The molecule has 1 aromatic rings. The van der Waals surface area contributed by atoms with E-state index < -0.39 is 5.97 Å². The zero-order chi connectivity index (χ0) is 15.3. The van der Waals surface area contributed by atoms with Crippen LogP contribution in [-0.4, -0.2) is 47.1 Å². The summed E-state index contributed by atoms with van der Waals surface area (Å²) in [6.07, 6.45) is 1.99. The van der Waals surface area contributed by atoms with Gasteiger partial charge in [0.05, 0.1) is 6.54 Å². The van der Waals surface area contributed by atoms with Crippen LogP contribution >= 0.6 is 11.8 Å². The molecule has 0 spiro atoms. The second-order valence-electron chi connectivity index (χ2n) is 4.56. The Morgan fingerprint density at radius 3 is 2.70 bits per heavy atom. The number of rotatable bonds is 6. The lowest BCUT2D eigenvalue weighted by molar-refractivity contribution is 0.0695. The van der Waals surface area contributed by atoms with Crippen molar-refractivity contribution in [1.82, 2.24) is 10.2 Å².